The van der Waals surface area contributed by atoms with E-state index in [1.807, 2.05) is 0 Å². The number of sulfone groups is 1. The van der Waals surface area contributed by atoms with Crippen molar-refractivity contribution in [2.75, 3.05) is 12.0 Å². The summed E-state index contributed by atoms with van der Waals surface area (Å²) in [6.07, 6.45) is 11.5. The Morgan fingerprint density at radius 2 is 1.56 bits per heavy atom. The standard InChI is InChI=1S/C13H30N2O2S/c1-3-4-5-6-7-8-10-13(15-14)11-9-12-18(2,16)17/h13,15H,3-12,14H2,1-2H3. The van der Waals surface area contributed by atoms with Gasteiger partial charge >= 0.3 is 0 Å². The lowest BCUT2D eigenvalue weighted by Gasteiger charge is -2.15. The molecule has 5 heteroatoms. The molecule has 0 spiro atoms. The Morgan fingerprint density at radius 1 is 1.00 bits per heavy atom. The topological polar surface area (TPSA) is 72.2 Å². The van der Waals surface area contributed by atoms with Gasteiger partial charge in [0.15, 0.2) is 0 Å². The molecular formula is C13H30N2O2S. The first kappa shape index (κ1) is 17.9. The van der Waals surface area contributed by atoms with Crippen LogP contribution in [0.3, 0.4) is 0 Å². The fourth-order valence-corrected chi connectivity index (χ4v) is 2.77. The molecule has 0 aromatic heterocycles. The molecule has 0 bridgehead atoms. The predicted octanol–water partition coefficient (Wildman–Crippen LogP) is 2.39. The van der Waals surface area contributed by atoms with Crippen molar-refractivity contribution in [3.8, 4) is 0 Å². The van der Waals surface area contributed by atoms with Gasteiger partial charge in [0.25, 0.3) is 0 Å². The molecular weight excluding hydrogens is 248 g/mol. The van der Waals surface area contributed by atoms with Gasteiger partial charge in [0.2, 0.25) is 0 Å². The Balaban J connectivity index is 3.52. The minimum atomic E-state index is -2.83. The van der Waals surface area contributed by atoms with E-state index < -0.39 is 9.84 Å². The Morgan fingerprint density at radius 3 is 2.11 bits per heavy atom. The van der Waals surface area contributed by atoms with Crippen LogP contribution in [0.25, 0.3) is 0 Å². The number of rotatable bonds is 12. The maximum absolute atomic E-state index is 11.0. The third kappa shape index (κ3) is 12.3. The fraction of sp³-hybridized carbons (Fsp3) is 1.00. The molecule has 0 aromatic rings. The summed E-state index contributed by atoms with van der Waals surface area (Å²) in [5.41, 5.74) is 2.80. The van der Waals surface area contributed by atoms with Gasteiger partial charge in [-0.2, -0.15) is 0 Å². The monoisotopic (exact) mass is 278 g/mol. The van der Waals surface area contributed by atoms with Crippen LogP contribution < -0.4 is 11.3 Å². The van der Waals surface area contributed by atoms with Crippen molar-refractivity contribution in [3.63, 3.8) is 0 Å². The van der Waals surface area contributed by atoms with Crippen molar-refractivity contribution in [2.45, 2.75) is 70.8 Å². The molecule has 0 aliphatic rings. The van der Waals surface area contributed by atoms with E-state index in [-0.39, 0.29) is 11.8 Å². The minimum Gasteiger partial charge on any atom is -0.271 e. The van der Waals surface area contributed by atoms with E-state index in [4.69, 9.17) is 5.84 Å². The Hall–Kier alpha value is -0.130. The molecule has 4 nitrogen and oxygen atoms in total. The quantitative estimate of drug-likeness (QED) is 0.327. The summed E-state index contributed by atoms with van der Waals surface area (Å²) in [5, 5.41) is 0. The van der Waals surface area contributed by atoms with Gasteiger partial charge in [0.1, 0.15) is 9.84 Å². The van der Waals surface area contributed by atoms with Crippen molar-refractivity contribution in [1.29, 1.82) is 0 Å². The van der Waals surface area contributed by atoms with Crippen LogP contribution in [0.2, 0.25) is 0 Å². The van der Waals surface area contributed by atoms with Crippen LogP contribution in [0.15, 0.2) is 0 Å². The third-order valence-corrected chi connectivity index (χ3v) is 4.24. The van der Waals surface area contributed by atoms with Crippen LogP contribution in [0.4, 0.5) is 0 Å². The van der Waals surface area contributed by atoms with Crippen LogP contribution >= 0.6 is 0 Å². The number of nitrogens with two attached hydrogens (primary N) is 1. The molecule has 1 unspecified atom stereocenters. The van der Waals surface area contributed by atoms with Crippen LogP contribution in [0.5, 0.6) is 0 Å². The second-order valence-corrected chi connectivity index (χ2v) is 7.45. The SMILES string of the molecule is CCCCCCCCC(CCCS(C)(=O)=O)NN. The predicted molar refractivity (Wildman–Crippen MR) is 78.0 cm³/mol. The number of hydrogen-bond acceptors (Lipinski definition) is 4. The molecule has 18 heavy (non-hydrogen) atoms. The molecule has 0 radical (unpaired) electrons. The number of unbranched alkanes of at least 4 members (excludes halogenated alkanes) is 5. The molecule has 0 amide bonds. The van der Waals surface area contributed by atoms with Gasteiger partial charge < -0.3 is 0 Å². The Bertz CT molecular complexity index is 279. The summed E-state index contributed by atoms with van der Waals surface area (Å²) in [7, 11) is -2.83. The molecule has 0 saturated heterocycles. The van der Waals surface area contributed by atoms with Crippen LogP contribution in [-0.4, -0.2) is 26.5 Å². The van der Waals surface area contributed by atoms with E-state index in [1.54, 1.807) is 0 Å². The average molecular weight is 278 g/mol. The number of nitrogens with one attached hydrogen (secondary N) is 1. The summed E-state index contributed by atoms with van der Waals surface area (Å²) < 4.78 is 22.0. The van der Waals surface area contributed by atoms with E-state index in [0.717, 1.165) is 12.8 Å². The van der Waals surface area contributed by atoms with Gasteiger partial charge in [-0.15, -0.1) is 0 Å². The van der Waals surface area contributed by atoms with Gasteiger partial charge in [0.05, 0.1) is 0 Å². The van der Waals surface area contributed by atoms with Gasteiger partial charge in [-0.25, -0.2) is 8.42 Å². The first-order chi connectivity index (χ1) is 8.49. The van der Waals surface area contributed by atoms with Gasteiger partial charge in [-0.1, -0.05) is 45.4 Å². The highest BCUT2D eigenvalue weighted by molar-refractivity contribution is 7.90. The lowest BCUT2D eigenvalue weighted by molar-refractivity contribution is 0.434. The lowest BCUT2D eigenvalue weighted by Crippen LogP contribution is -2.35. The summed E-state index contributed by atoms with van der Waals surface area (Å²) in [5.74, 6) is 5.75. The largest absolute Gasteiger partial charge is 0.271 e. The molecule has 110 valence electrons. The maximum atomic E-state index is 11.0. The fourth-order valence-electron chi connectivity index (χ4n) is 2.07. The van der Waals surface area contributed by atoms with E-state index in [0.29, 0.717) is 6.42 Å². The second-order valence-electron chi connectivity index (χ2n) is 5.19. The Labute approximate surface area is 113 Å². The maximum Gasteiger partial charge on any atom is 0.147 e. The molecule has 0 aliphatic carbocycles. The van der Waals surface area contributed by atoms with Crippen LogP contribution in [0, 0.1) is 0 Å². The number of hydrazine groups is 1. The molecule has 3 N–H and O–H groups in total. The highest BCUT2D eigenvalue weighted by Crippen LogP contribution is 2.11. The molecule has 1 atom stereocenters. The normalized spacial score (nSPS) is 13.7. The first-order valence-electron chi connectivity index (χ1n) is 7.13. The highest BCUT2D eigenvalue weighted by atomic mass is 32.2. The zero-order chi connectivity index (χ0) is 13.9. The van der Waals surface area contributed by atoms with Gasteiger partial charge in [-0.05, 0) is 19.3 Å². The van der Waals surface area contributed by atoms with Crippen LogP contribution in [-0.2, 0) is 9.84 Å². The average Bonchev–Trinajstić information content (AvgIpc) is 2.29. The van der Waals surface area contributed by atoms with Crippen molar-refractivity contribution in [2.24, 2.45) is 5.84 Å². The molecule has 0 aromatic carbocycles. The van der Waals surface area contributed by atoms with E-state index in [1.165, 1.54) is 44.8 Å². The zero-order valence-electron chi connectivity index (χ0n) is 12.0. The van der Waals surface area contributed by atoms with E-state index in [2.05, 4.69) is 12.3 Å². The van der Waals surface area contributed by atoms with E-state index in [9.17, 15) is 8.42 Å². The van der Waals surface area contributed by atoms with Crippen molar-refractivity contribution >= 4 is 9.84 Å². The number of hydrogen-bond donors (Lipinski definition) is 2. The molecule has 0 aliphatic heterocycles. The zero-order valence-corrected chi connectivity index (χ0v) is 12.8. The summed E-state index contributed by atoms with van der Waals surface area (Å²) in [6, 6.07) is 0.262. The lowest BCUT2D eigenvalue weighted by atomic mass is 10.0. The second kappa shape index (κ2) is 10.8. The highest BCUT2D eigenvalue weighted by Gasteiger charge is 2.08. The summed E-state index contributed by atoms with van der Waals surface area (Å²) in [4.78, 5) is 0. The van der Waals surface area contributed by atoms with Gasteiger partial charge in [-0.3, -0.25) is 11.3 Å². The molecule has 0 saturated carbocycles. The van der Waals surface area contributed by atoms with Crippen molar-refractivity contribution < 1.29 is 8.42 Å². The van der Waals surface area contributed by atoms with Crippen molar-refractivity contribution in [3.05, 3.63) is 0 Å². The Kier molecular flexibility index (Phi) is 10.7. The van der Waals surface area contributed by atoms with Gasteiger partial charge in [0, 0.05) is 18.1 Å². The molecule has 0 fully saturated rings. The van der Waals surface area contributed by atoms with E-state index >= 15 is 0 Å². The van der Waals surface area contributed by atoms with Crippen molar-refractivity contribution in [1.82, 2.24) is 5.43 Å². The summed E-state index contributed by atoms with van der Waals surface area (Å²) in [6.45, 7) is 2.22. The third-order valence-electron chi connectivity index (χ3n) is 3.21. The summed E-state index contributed by atoms with van der Waals surface area (Å²) >= 11 is 0. The molecule has 0 rings (SSSR count). The smallest absolute Gasteiger partial charge is 0.147 e. The minimum absolute atomic E-state index is 0.262. The van der Waals surface area contributed by atoms with Crippen LogP contribution in [0.1, 0.15) is 64.7 Å². The first-order valence-corrected chi connectivity index (χ1v) is 9.19. The molecule has 0 heterocycles.